The van der Waals surface area contributed by atoms with E-state index in [0.29, 0.717) is 6.61 Å². The number of amides is 1. The molecule has 1 spiro atoms. The number of carboxylic acids is 1. The third-order valence-electron chi connectivity index (χ3n) is 4.93. The molecule has 1 unspecified atom stereocenters. The molecular formula is C18H26F3N3O4S. The Hall–Kier alpha value is -1.72. The van der Waals surface area contributed by atoms with Crippen LogP contribution in [0.2, 0.25) is 0 Å². The van der Waals surface area contributed by atoms with E-state index in [1.54, 1.807) is 11.3 Å². The van der Waals surface area contributed by atoms with Crippen LogP contribution in [0.5, 0.6) is 0 Å². The molecule has 0 bridgehead atoms. The lowest BCUT2D eigenvalue weighted by atomic mass is 9.87. The lowest BCUT2D eigenvalue weighted by molar-refractivity contribution is -0.192. The van der Waals surface area contributed by atoms with Crippen molar-refractivity contribution in [2.75, 3.05) is 19.7 Å². The molecule has 3 rings (SSSR count). The smallest absolute Gasteiger partial charge is 0.475 e. The minimum absolute atomic E-state index is 0.0195. The first-order valence-corrected chi connectivity index (χ1v) is 10.2. The summed E-state index contributed by atoms with van der Waals surface area (Å²) in [4.78, 5) is 27.5. The van der Waals surface area contributed by atoms with Gasteiger partial charge in [-0.15, -0.1) is 11.3 Å². The average molecular weight is 437 g/mol. The first kappa shape index (κ1) is 23.6. The van der Waals surface area contributed by atoms with Crippen LogP contribution < -0.4 is 5.32 Å². The molecule has 1 atom stereocenters. The van der Waals surface area contributed by atoms with Crippen molar-refractivity contribution in [2.24, 2.45) is 5.92 Å². The first-order chi connectivity index (χ1) is 13.5. The van der Waals surface area contributed by atoms with Crippen molar-refractivity contribution in [1.29, 1.82) is 0 Å². The SMILES string of the molecule is CC(C)C(=O)NC1COC2(CCN(Cc3nccs3)CC2)C1.O=C(O)C(F)(F)F. The Morgan fingerprint density at radius 1 is 1.41 bits per heavy atom. The molecule has 164 valence electrons. The van der Waals surface area contributed by atoms with E-state index in [4.69, 9.17) is 14.6 Å². The number of rotatable bonds is 4. The maximum absolute atomic E-state index is 11.8. The number of hydrogen-bond acceptors (Lipinski definition) is 6. The Kier molecular flexibility index (Phi) is 8.01. The molecule has 11 heteroatoms. The standard InChI is InChI=1S/C16H25N3O2S.C2HF3O2/c1-12(2)15(20)18-13-9-16(21-11-13)3-6-19(7-4-16)10-14-17-5-8-22-14;3-2(4,5)1(6)7/h5,8,12-13H,3-4,6-7,9-11H2,1-2H3,(H,18,20);(H,6,7). The topological polar surface area (TPSA) is 91.8 Å². The Morgan fingerprint density at radius 2 is 2.03 bits per heavy atom. The van der Waals surface area contributed by atoms with Crippen LogP contribution in [0.25, 0.3) is 0 Å². The second kappa shape index (κ2) is 9.86. The van der Waals surface area contributed by atoms with Gasteiger partial charge in [0.15, 0.2) is 0 Å². The third-order valence-corrected chi connectivity index (χ3v) is 5.70. The molecule has 0 aromatic carbocycles. The summed E-state index contributed by atoms with van der Waals surface area (Å²) in [5.74, 6) is -2.59. The highest BCUT2D eigenvalue weighted by molar-refractivity contribution is 7.09. The van der Waals surface area contributed by atoms with Gasteiger partial charge in [0.05, 0.1) is 24.8 Å². The van der Waals surface area contributed by atoms with Crippen molar-refractivity contribution in [1.82, 2.24) is 15.2 Å². The highest BCUT2D eigenvalue weighted by Crippen LogP contribution is 2.36. The number of nitrogens with zero attached hydrogens (tertiary/aromatic N) is 2. The molecule has 2 saturated heterocycles. The first-order valence-electron chi connectivity index (χ1n) is 9.36. The minimum atomic E-state index is -5.08. The van der Waals surface area contributed by atoms with Gasteiger partial charge in [0.1, 0.15) is 5.01 Å². The number of nitrogens with one attached hydrogen (secondary N) is 1. The number of piperidine rings is 1. The number of halogens is 3. The molecule has 2 aliphatic heterocycles. The van der Waals surface area contributed by atoms with Crippen molar-refractivity contribution < 1.29 is 32.6 Å². The summed E-state index contributed by atoms with van der Waals surface area (Å²) in [6.07, 6.45) is -0.164. The van der Waals surface area contributed by atoms with E-state index in [1.807, 2.05) is 25.4 Å². The summed E-state index contributed by atoms with van der Waals surface area (Å²) in [5.41, 5.74) is -0.0195. The maximum atomic E-state index is 11.8. The molecule has 0 saturated carbocycles. The molecule has 0 radical (unpaired) electrons. The number of thiazole rings is 1. The molecule has 7 nitrogen and oxygen atoms in total. The molecule has 3 heterocycles. The number of carboxylic acid groups (broad SMARTS) is 1. The van der Waals surface area contributed by atoms with Crippen LogP contribution in [0.1, 0.15) is 38.1 Å². The zero-order valence-electron chi connectivity index (χ0n) is 16.4. The van der Waals surface area contributed by atoms with E-state index < -0.39 is 12.1 Å². The summed E-state index contributed by atoms with van der Waals surface area (Å²) >= 11 is 1.72. The normalized spacial score (nSPS) is 21.7. The molecule has 1 aromatic heterocycles. The molecule has 2 N–H and O–H groups in total. The lowest BCUT2D eigenvalue weighted by Crippen LogP contribution is -2.45. The molecular weight excluding hydrogens is 411 g/mol. The van der Waals surface area contributed by atoms with Gasteiger partial charge in [0, 0.05) is 30.6 Å². The summed E-state index contributed by atoms with van der Waals surface area (Å²) in [6, 6.07) is 0.181. The zero-order valence-corrected chi connectivity index (χ0v) is 17.2. The van der Waals surface area contributed by atoms with Gasteiger partial charge in [0.25, 0.3) is 0 Å². The second-order valence-electron chi connectivity index (χ2n) is 7.56. The predicted octanol–water partition coefficient (Wildman–Crippen LogP) is 2.67. The summed E-state index contributed by atoms with van der Waals surface area (Å²) in [5, 5.41) is 13.5. The highest BCUT2D eigenvalue weighted by Gasteiger charge is 2.43. The van der Waals surface area contributed by atoms with Gasteiger partial charge in [0.2, 0.25) is 5.91 Å². The van der Waals surface area contributed by atoms with Gasteiger partial charge >= 0.3 is 12.1 Å². The lowest BCUT2D eigenvalue weighted by Gasteiger charge is -2.38. The van der Waals surface area contributed by atoms with Gasteiger partial charge in [-0.3, -0.25) is 9.69 Å². The molecule has 2 aliphatic rings. The van der Waals surface area contributed by atoms with E-state index in [-0.39, 0.29) is 23.5 Å². The number of hydrogen-bond donors (Lipinski definition) is 2. The summed E-state index contributed by atoms with van der Waals surface area (Å²) < 4.78 is 37.8. The van der Waals surface area contributed by atoms with Crippen molar-refractivity contribution in [3.8, 4) is 0 Å². The predicted molar refractivity (Wildman–Crippen MR) is 100 cm³/mol. The second-order valence-corrected chi connectivity index (χ2v) is 8.54. The third kappa shape index (κ3) is 7.23. The van der Waals surface area contributed by atoms with E-state index in [2.05, 4.69) is 15.2 Å². The summed E-state index contributed by atoms with van der Waals surface area (Å²) in [6.45, 7) is 7.55. The number of carbonyl (C=O) groups is 2. The highest BCUT2D eigenvalue weighted by atomic mass is 32.1. The van der Waals surface area contributed by atoms with E-state index in [9.17, 15) is 18.0 Å². The van der Waals surface area contributed by atoms with Crippen LogP contribution in [0.3, 0.4) is 0 Å². The molecule has 0 aliphatic carbocycles. The molecule has 29 heavy (non-hydrogen) atoms. The van der Waals surface area contributed by atoms with Gasteiger partial charge in [-0.05, 0) is 19.3 Å². The zero-order chi connectivity index (χ0) is 21.7. The fourth-order valence-electron chi connectivity index (χ4n) is 3.29. The van der Waals surface area contributed by atoms with Crippen LogP contribution in [-0.2, 0) is 20.9 Å². The number of alkyl halides is 3. The van der Waals surface area contributed by atoms with Crippen molar-refractivity contribution >= 4 is 23.2 Å². The Labute approximate surface area is 171 Å². The van der Waals surface area contributed by atoms with Crippen LogP contribution in [0, 0.1) is 5.92 Å². The Bertz CT molecular complexity index is 674. The maximum Gasteiger partial charge on any atom is 0.490 e. The van der Waals surface area contributed by atoms with Gasteiger partial charge in [-0.2, -0.15) is 13.2 Å². The number of likely N-dealkylation sites (tertiary alicyclic amines) is 1. The quantitative estimate of drug-likeness (QED) is 0.753. The monoisotopic (exact) mass is 437 g/mol. The van der Waals surface area contributed by atoms with Gasteiger partial charge in [-0.25, -0.2) is 9.78 Å². The van der Waals surface area contributed by atoms with E-state index in [0.717, 1.165) is 38.9 Å². The largest absolute Gasteiger partial charge is 0.490 e. The number of aromatic nitrogens is 1. The number of ether oxygens (including phenoxy) is 1. The van der Waals surface area contributed by atoms with Crippen LogP contribution in [-0.4, -0.2) is 64.4 Å². The van der Waals surface area contributed by atoms with Gasteiger partial charge < -0.3 is 15.2 Å². The van der Waals surface area contributed by atoms with Crippen molar-refractivity contribution in [3.63, 3.8) is 0 Å². The number of carbonyl (C=O) groups excluding carboxylic acids is 1. The van der Waals surface area contributed by atoms with Crippen molar-refractivity contribution in [3.05, 3.63) is 16.6 Å². The fraction of sp³-hybridized carbons (Fsp3) is 0.722. The number of aliphatic carboxylic acids is 1. The summed E-state index contributed by atoms with van der Waals surface area (Å²) in [7, 11) is 0. The van der Waals surface area contributed by atoms with Gasteiger partial charge in [-0.1, -0.05) is 13.8 Å². The average Bonchev–Trinajstić information content (AvgIpc) is 3.27. The van der Waals surface area contributed by atoms with Crippen LogP contribution in [0.15, 0.2) is 11.6 Å². The molecule has 2 fully saturated rings. The Balaban J connectivity index is 0.000000370. The minimum Gasteiger partial charge on any atom is -0.475 e. The molecule has 1 aromatic rings. The van der Waals surface area contributed by atoms with E-state index >= 15 is 0 Å². The fourth-order valence-corrected chi connectivity index (χ4v) is 3.95. The van der Waals surface area contributed by atoms with E-state index in [1.165, 1.54) is 5.01 Å². The van der Waals surface area contributed by atoms with Crippen molar-refractivity contribution in [2.45, 2.75) is 57.5 Å². The molecule has 1 amide bonds. The Morgan fingerprint density at radius 3 is 2.52 bits per heavy atom. The van der Waals surface area contributed by atoms with Crippen LogP contribution in [0.4, 0.5) is 13.2 Å². The van der Waals surface area contributed by atoms with Crippen LogP contribution >= 0.6 is 11.3 Å².